The van der Waals surface area contributed by atoms with Crippen molar-refractivity contribution in [2.75, 3.05) is 19.7 Å². The number of ether oxygens (including phenoxy) is 1. The summed E-state index contributed by atoms with van der Waals surface area (Å²) in [7, 11) is 0. The zero-order valence-electron chi connectivity index (χ0n) is 6.90. The third-order valence-corrected chi connectivity index (χ3v) is 2.08. The van der Waals surface area contributed by atoms with Gasteiger partial charge in [-0.25, -0.2) is 9.80 Å². The lowest BCUT2D eigenvalue weighted by atomic mass is 10.2. The Kier molecular flexibility index (Phi) is 1.89. The molecule has 4 nitrogen and oxygen atoms in total. The number of carbonyl (C=O) groups excluding carboxylic acids is 1. The Morgan fingerprint density at radius 2 is 2.33 bits per heavy atom. The predicted molar refractivity (Wildman–Crippen MR) is 43.1 cm³/mol. The van der Waals surface area contributed by atoms with Crippen molar-refractivity contribution in [3.05, 3.63) is 12.3 Å². The topological polar surface area (TPSA) is 32.8 Å². The summed E-state index contributed by atoms with van der Waals surface area (Å²) in [6.45, 7) is 2.12. The Labute approximate surface area is 71.4 Å². The highest BCUT2D eigenvalue weighted by Gasteiger charge is 2.26. The number of amides is 1. The standard InChI is InChI=1S/C8H12N2O2/c11-8-10(6-7-12-8)9-4-2-1-3-5-9/h2,4H,1,3,5-7H2. The van der Waals surface area contributed by atoms with Gasteiger partial charge < -0.3 is 4.74 Å². The summed E-state index contributed by atoms with van der Waals surface area (Å²) in [5.74, 6) is 0. The van der Waals surface area contributed by atoms with Gasteiger partial charge in [0.05, 0.1) is 6.54 Å². The minimum atomic E-state index is -0.221. The summed E-state index contributed by atoms with van der Waals surface area (Å²) < 4.78 is 4.83. The smallest absolute Gasteiger partial charge is 0.428 e. The lowest BCUT2D eigenvalue weighted by molar-refractivity contribution is 0.0619. The first-order valence-electron chi connectivity index (χ1n) is 4.25. The molecule has 0 spiro atoms. The Hall–Kier alpha value is -1.19. The molecule has 2 aliphatic rings. The van der Waals surface area contributed by atoms with Crippen molar-refractivity contribution in [3.63, 3.8) is 0 Å². The third kappa shape index (κ3) is 1.24. The molecule has 0 saturated carbocycles. The van der Waals surface area contributed by atoms with E-state index in [2.05, 4.69) is 6.08 Å². The first kappa shape index (κ1) is 7.46. The van der Waals surface area contributed by atoms with Crippen LogP contribution in [0.4, 0.5) is 4.79 Å². The van der Waals surface area contributed by atoms with E-state index in [1.54, 1.807) is 5.01 Å². The number of carbonyl (C=O) groups is 1. The van der Waals surface area contributed by atoms with E-state index in [9.17, 15) is 4.79 Å². The second-order valence-electron chi connectivity index (χ2n) is 2.93. The van der Waals surface area contributed by atoms with Crippen molar-refractivity contribution in [2.24, 2.45) is 0 Å². The molecule has 66 valence electrons. The van der Waals surface area contributed by atoms with Crippen LogP contribution in [0.5, 0.6) is 0 Å². The lowest BCUT2D eigenvalue weighted by Gasteiger charge is -2.30. The fraction of sp³-hybridized carbons (Fsp3) is 0.625. The molecular formula is C8H12N2O2. The fourth-order valence-corrected chi connectivity index (χ4v) is 1.46. The van der Waals surface area contributed by atoms with Crippen LogP contribution in [0.3, 0.4) is 0 Å². The average molecular weight is 168 g/mol. The third-order valence-electron chi connectivity index (χ3n) is 2.08. The molecule has 0 aromatic carbocycles. The highest BCUT2D eigenvalue weighted by molar-refractivity contribution is 5.68. The monoisotopic (exact) mass is 168 g/mol. The fourth-order valence-electron chi connectivity index (χ4n) is 1.46. The molecule has 1 fully saturated rings. The first-order chi connectivity index (χ1) is 5.88. The van der Waals surface area contributed by atoms with Gasteiger partial charge in [0.1, 0.15) is 6.61 Å². The molecule has 0 unspecified atom stereocenters. The highest BCUT2D eigenvalue weighted by Crippen LogP contribution is 2.13. The van der Waals surface area contributed by atoms with Crippen LogP contribution in [-0.2, 0) is 4.74 Å². The van der Waals surface area contributed by atoms with Gasteiger partial charge >= 0.3 is 6.09 Å². The Bertz CT molecular complexity index is 215. The first-order valence-corrected chi connectivity index (χ1v) is 4.25. The normalized spacial score (nSPS) is 23.2. The number of allylic oxidation sites excluding steroid dienone is 1. The summed E-state index contributed by atoms with van der Waals surface area (Å²) in [4.78, 5) is 11.1. The summed E-state index contributed by atoms with van der Waals surface area (Å²) in [6, 6.07) is 0. The minimum Gasteiger partial charge on any atom is -0.446 e. The lowest BCUT2D eigenvalue weighted by Crippen LogP contribution is -2.41. The van der Waals surface area contributed by atoms with Crippen molar-refractivity contribution in [3.8, 4) is 0 Å². The molecule has 0 radical (unpaired) electrons. The van der Waals surface area contributed by atoms with Gasteiger partial charge in [0.25, 0.3) is 0 Å². The van der Waals surface area contributed by atoms with E-state index >= 15 is 0 Å². The molecule has 0 N–H and O–H groups in total. The quantitative estimate of drug-likeness (QED) is 0.584. The maximum absolute atomic E-state index is 11.1. The van der Waals surface area contributed by atoms with E-state index in [0.717, 1.165) is 19.4 Å². The summed E-state index contributed by atoms with van der Waals surface area (Å²) in [5.41, 5.74) is 0. The SMILES string of the molecule is O=C1OCCN1N1C=CCCC1. The number of hydrogen-bond acceptors (Lipinski definition) is 3. The molecule has 0 aromatic rings. The van der Waals surface area contributed by atoms with Crippen LogP contribution in [-0.4, -0.2) is 35.8 Å². The molecule has 0 aromatic heterocycles. The molecule has 4 heteroatoms. The number of rotatable bonds is 1. The number of hydrazine groups is 1. The maximum Gasteiger partial charge on any atom is 0.428 e. The second kappa shape index (κ2) is 3.05. The van der Waals surface area contributed by atoms with E-state index in [1.807, 2.05) is 11.2 Å². The molecule has 1 saturated heterocycles. The molecule has 0 aliphatic carbocycles. The van der Waals surface area contributed by atoms with Crippen molar-refractivity contribution in [1.82, 2.24) is 10.0 Å². The molecule has 2 aliphatic heterocycles. The Balaban J connectivity index is 2.02. The van der Waals surface area contributed by atoms with Crippen molar-refractivity contribution < 1.29 is 9.53 Å². The van der Waals surface area contributed by atoms with E-state index in [-0.39, 0.29) is 6.09 Å². The van der Waals surface area contributed by atoms with Crippen LogP contribution >= 0.6 is 0 Å². The molecule has 2 rings (SSSR count). The van der Waals surface area contributed by atoms with Crippen LogP contribution in [0.1, 0.15) is 12.8 Å². The number of nitrogens with zero attached hydrogens (tertiary/aromatic N) is 2. The molecule has 0 atom stereocenters. The van der Waals surface area contributed by atoms with E-state index in [4.69, 9.17) is 4.74 Å². The van der Waals surface area contributed by atoms with Crippen molar-refractivity contribution in [1.29, 1.82) is 0 Å². The van der Waals surface area contributed by atoms with Crippen LogP contribution in [0.2, 0.25) is 0 Å². The van der Waals surface area contributed by atoms with Gasteiger partial charge in [0, 0.05) is 12.7 Å². The van der Waals surface area contributed by atoms with E-state index < -0.39 is 0 Å². The summed E-state index contributed by atoms with van der Waals surface area (Å²) in [5, 5.41) is 3.58. The molecular weight excluding hydrogens is 156 g/mol. The number of hydrogen-bond donors (Lipinski definition) is 0. The van der Waals surface area contributed by atoms with Gasteiger partial charge in [-0.3, -0.25) is 5.01 Å². The number of cyclic esters (lactones) is 1. The van der Waals surface area contributed by atoms with Crippen LogP contribution < -0.4 is 0 Å². The van der Waals surface area contributed by atoms with Gasteiger partial charge in [-0.05, 0) is 12.8 Å². The van der Waals surface area contributed by atoms with E-state index in [1.165, 1.54) is 0 Å². The highest BCUT2D eigenvalue weighted by atomic mass is 16.6. The maximum atomic E-state index is 11.1. The zero-order valence-corrected chi connectivity index (χ0v) is 6.90. The van der Waals surface area contributed by atoms with Gasteiger partial charge in [0.15, 0.2) is 0 Å². The summed E-state index contributed by atoms with van der Waals surface area (Å²) in [6.07, 6.45) is 6.03. The molecule has 1 amide bonds. The van der Waals surface area contributed by atoms with Gasteiger partial charge in [-0.2, -0.15) is 0 Å². The van der Waals surface area contributed by atoms with Gasteiger partial charge in [0.2, 0.25) is 0 Å². The van der Waals surface area contributed by atoms with Gasteiger partial charge in [-0.1, -0.05) is 6.08 Å². The molecule has 2 heterocycles. The van der Waals surface area contributed by atoms with Crippen LogP contribution in [0, 0.1) is 0 Å². The van der Waals surface area contributed by atoms with Crippen molar-refractivity contribution in [2.45, 2.75) is 12.8 Å². The Morgan fingerprint density at radius 3 is 2.92 bits per heavy atom. The van der Waals surface area contributed by atoms with Crippen LogP contribution in [0.25, 0.3) is 0 Å². The van der Waals surface area contributed by atoms with Crippen LogP contribution in [0.15, 0.2) is 12.3 Å². The van der Waals surface area contributed by atoms with Gasteiger partial charge in [-0.15, -0.1) is 0 Å². The average Bonchev–Trinajstić information content (AvgIpc) is 2.53. The minimum absolute atomic E-state index is 0.221. The second-order valence-corrected chi connectivity index (χ2v) is 2.93. The van der Waals surface area contributed by atoms with E-state index in [0.29, 0.717) is 13.2 Å². The molecule has 12 heavy (non-hydrogen) atoms. The Morgan fingerprint density at radius 1 is 1.42 bits per heavy atom. The van der Waals surface area contributed by atoms with Crippen molar-refractivity contribution >= 4 is 6.09 Å². The molecule has 0 bridgehead atoms. The predicted octanol–water partition coefficient (Wildman–Crippen LogP) is 0.963. The zero-order chi connectivity index (χ0) is 8.39. The largest absolute Gasteiger partial charge is 0.446 e. The summed E-state index contributed by atoms with van der Waals surface area (Å²) >= 11 is 0.